The number of fused-ring (bicyclic) bond motifs is 4. The number of nitrogens with one attached hydrogen (secondary N) is 1. The Morgan fingerprint density at radius 2 is 1.96 bits per heavy atom. The van der Waals surface area contributed by atoms with Crippen LogP contribution in [-0.4, -0.2) is 10.8 Å². The molecule has 1 N–H and O–H groups in total. The number of aromatic amines is 1. The summed E-state index contributed by atoms with van der Waals surface area (Å²) in [4.78, 5) is 30.7. The molecule has 2 aromatic heterocycles. The van der Waals surface area contributed by atoms with Crippen LogP contribution in [0.15, 0.2) is 39.5 Å². The number of pyridine rings is 1. The summed E-state index contributed by atoms with van der Waals surface area (Å²) in [5, 5.41) is 0.697. The Labute approximate surface area is 131 Å². The highest BCUT2D eigenvalue weighted by molar-refractivity contribution is 6.19. The molecule has 5 nitrogen and oxygen atoms in total. The van der Waals surface area contributed by atoms with Crippen LogP contribution in [0.4, 0.5) is 5.69 Å². The summed E-state index contributed by atoms with van der Waals surface area (Å²) in [7, 11) is 0. The van der Waals surface area contributed by atoms with Crippen LogP contribution in [0.2, 0.25) is 0 Å². The quantitative estimate of drug-likeness (QED) is 0.646. The lowest BCUT2D eigenvalue weighted by molar-refractivity contribution is 0.102. The molecule has 1 aliphatic rings. The van der Waals surface area contributed by atoms with Crippen molar-refractivity contribution in [3.63, 3.8) is 0 Å². The number of ketones is 1. The zero-order chi connectivity index (χ0) is 16.4. The lowest BCUT2D eigenvalue weighted by Crippen LogP contribution is -2.32. The molecule has 112 valence electrons. The van der Waals surface area contributed by atoms with Crippen LogP contribution in [0.1, 0.15) is 41.2 Å². The number of carbonyl (C=O) groups excluding carboxylic acids is 1. The molecule has 0 radical (unpaired) electrons. The fraction of sp³-hybridized carbons (Fsp3) is 0.167. The van der Waals surface area contributed by atoms with E-state index in [4.69, 9.17) is 11.0 Å². The molecule has 2 heterocycles. The first-order chi connectivity index (χ1) is 10.9. The molecule has 0 aliphatic heterocycles. The van der Waals surface area contributed by atoms with E-state index in [2.05, 4.69) is 9.83 Å². The van der Waals surface area contributed by atoms with Gasteiger partial charge in [-0.25, -0.2) is 4.85 Å². The zero-order valence-electron chi connectivity index (χ0n) is 12.6. The van der Waals surface area contributed by atoms with Crippen LogP contribution in [0.3, 0.4) is 0 Å². The van der Waals surface area contributed by atoms with Crippen molar-refractivity contribution >= 4 is 22.4 Å². The van der Waals surface area contributed by atoms with Gasteiger partial charge in [-0.2, -0.15) is 0 Å². The summed E-state index contributed by atoms with van der Waals surface area (Å²) in [6, 6.07) is 7.98. The molecule has 0 fully saturated rings. The third-order valence-corrected chi connectivity index (χ3v) is 4.39. The second-order valence-electron chi connectivity index (χ2n) is 6.16. The van der Waals surface area contributed by atoms with Gasteiger partial charge < -0.3 is 9.40 Å². The highest BCUT2D eigenvalue weighted by Crippen LogP contribution is 2.44. The molecule has 4 rings (SSSR count). The molecular weight excluding hydrogens is 292 g/mol. The molecular formula is C18H12N2O3. The van der Waals surface area contributed by atoms with Gasteiger partial charge in [0.1, 0.15) is 11.3 Å². The Morgan fingerprint density at radius 3 is 2.70 bits per heavy atom. The molecule has 0 bridgehead atoms. The summed E-state index contributed by atoms with van der Waals surface area (Å²) in [5.41, 5.74) is 1.64. The smallest absolute Gasteiger partial charge is 0.248 e. The van der Waals surface area contributed by atoms with Gasteiger partial charge in [-0.05, 0) is 26.0 Å². The number of furan rings is 1. The van der Waals surface area contributed by atoms with Crippen molar-refractivity contribution in [3.8, 4) is 0 Å². The van der Waals surface area contributed by atoms with Crippen LogP contribution in [0.5, 0.6) is 0 Å². The zero-order valence-corrected chi connectivity index (χ0v) is 12.6. The number of hydrogen-bond donors (Lipinski definition) is 1. The number of carbonyl (C=O) groups is 1. The van der Waals surface area contributed by atoms with E-state index in [1.807, 2.05) is 13.8 Å². The molecule has 0 unspecified atom stereocenters. The van der Waals surface area contributed by atoms with Crippen LogP contribution >= 0.6 is 0 Å². The molecule has 0 saturated heterocycles. The van der Waals surface area contributed by atoms with Gasteiger partial charge in [0.25, 0.3) is 0 Å². The van der Waals surface area contributed by atoms with Gasteiger partial charge in [0.2, 0.25) is 5.56 Å². The highest BCUT2D eigenvalue weighted by atomic mass is 16.3. The Kier molecular flexibility index (Phi) is 2.47. The van der Waals surface area contributed by atoms with Gasteiger partial charge in [-0.15, -0.1) is 0 Å². The molecule has 0 saturated carbocycles. The molecule has 0 amide bonds. The number of H-pyrrole nitrogens is 1. The standard InChI is InChI=1S/C18H12N2O3/c1-18(2)16-11(6-7-13(21)20-16)15(22)14-10-5-4-9(19-3)8-12(10)23-17(14)18/h4-8H,1-2H3,(H,20,21). The Morgan fingerprint density at radius 1 is 1.17 bits per heavy atom. The summed E-state index contributed by atoms with van der Waals surface area (Å²) >= 11 is 0. The molecule has 0 atom stereocenters. The van der Waals surface area contributed by atoms with Gasteiger partial charge in [0.15, 0.2) is 11.5 Å². The fourth-order valence-electron chi connectivity index (χ4n) is 3.23. The van der Waals surface area contributed by atoms with E-state index in [-0.39, 0.29) is 11.3 Å². The predicted molar refractivity (Wildman–Crippen MR) is 85.1 cm³/mol. The van der Waals surface area contributed by atoms with Crippen molar-refractivity contribution in [2.24, 2.45) is 0 Å². The van der Waals surface area contributed by atoms with E-state index >= 15 is 0 Å². The largest absolute Gasteiger partial charge is 0.461 e. The van der Waals surface area contributed by atoms with E-state index in [0.29, 0.717) is 39.2 Å². The van der Waals surface area contributed by atoms with Gasteiger partial charge in [-0.3, -0.25) is 9.59 Å². The van der Waals surface area contributed by atoms with Gasteiger partial charge in [-0.1, -0.05) is 12.1 Å². The van der Waals surface area contributed by atoms with Crippen molar-refractivity contribution in [2.75, 3.05) is 0 Å². The van der Waals surface area contributed by atoms with Crippen LogP contribution in [-0.2, 0) is 5.41 Å². The van der Waals surface area contributed by atoms with Crippen LogP contribution in [0, 0.1) is 6.57 Å². The van der Waals surface area contributed by atoms with Crippen molar-refractivity contribution in [3.05, 3.63) is 74.7 Å². The number of nitrogens with zero attached hydrogens (tertiary/aromatic N) is 1. The summed E-state index contributed by atoms with van der Waals surface area (Å²) in [5.74, 6) is 0.355. The predicted octanol–water partition coefficient (Wildman–Crippen LogP) is 3.54. The van der Waals surface area contributed by atoms with E-state index in [9.17, 15) is 9.59 Å². The second-order valence-corrected chi connectivity index (χ2v) is 6.16. The molecule has 1 aliphatic carbocycles. The number of benzene rings is 1. The maximum absolute atomic E-state index is 12.9. The molecule has 0 spiro atoms. The van der Waals surface area contributed by atoms with E-state index < -0.39 is 5.41 Å². The van der Waals surface area contributed by atoms with Crippen molar-refractivity contribution in [1.29, 1.82) is 0 Å². The molecule has 23 heavy (non-hydrogen) atoms. The van der Waals surface area contributed by atoms with Gasteiger partial charge in [0.05, 0.1) is 17.6 Å². The number of hydrogen-bond acceptors (Lipinski definition) is 3. The first-order valence-electron chi connectivity index (χ1n) is 7.16. The van der Waals surface area contributed by atoms with Gasteiger partial charge in [0, 0.05) is 22.7 Å². The van der Waals surface area contributed by atoms with E-state index in [0.717, 1.165) is 0 Å². The minimum atomic E-state index is -0.643. The fourth-order valence-corrected chi connectivity index (χ4v) is 3.23. The van der Waals surface area contributed by atoms with Crippen molar-refractivity contribution in [1.82, 2.24) is 4.98 Å². The summed E-state index contributed by atoms with van der Waals surface area (Å²) < 4.78 is 5.93. The Balaban J connectivity index is 2.12. The number of aromatic nitrogens is 1. The lowest BCUT2D eigenvalue weighted by atomic mass is 9.75. The second kappa shape index (κ2) is 4.20. The molecule has 3 aromatic rings. The Hall–Kier alpha value is -3.13. The Bertz CT molecular complexity index is 1090. The monoisotopic (exact) mass is 304 g/mol. The normalized spacial score (nSPS) is 15.1. The third-order valence-electron chi connectivity index (χ3n) is 4.39. The van der Waals surface area contributed by atoms with Crippen LogP contribution < -0.4 is 5.56 Å². The number of rotatable bonds is 0. The lowest BCUT2D eigenvalue weighted by Gasteiger charge is -2.29. The third kappa shape index (κ3) is 1.66. The molecule has 1 aromatic carbocycles. The van der Waals surface area contributed by atoms with Crippen LogP contribution in [0.25, 0.3) is 15.8 Å². The average Bonchev–Trinajstić information content (AvgIpc) is 2.92. The average molecular weight is 304 g/mol. The van der Waals surface area contributed by atoms with Crippen molar-refractivity contribution in [2.45, 2.75) is 19.3 Å². The maximum Gasteiger partial charge on any atom is 0.248 e. The van der Waals surface area contributed by atoms with Crippen molar-refractivity contribution < 1.29 is 9.21 Å². The first kappa shape index (κ1) is 13.5. The first-order valence-corrected chi connectivity index (χ1v) is 7.16. The SMILES string of the molecule is [C-]#[N+]c1ccc2c3c(oc2c1)C(C)(C)c1[nH]c(=O)ccc1C3=O. The summed E-state index contributed by atoms with van der Waals surface area (Å²) in [6.45, 7) is 10.9. The topological polar surface area (TPSA) is 67.4 Å². The van der Waals surface area contributed by atoms with Gasteiger partial charge >= 0.3 is 0 Å². The molecule has 5 heteroatoms. The highest BCUT2D eigenvalue weighted by Gasteiger charge is 2.42. The minimum absolute atomic E-state index is 0.167. The van der Waals surface area contributed by atoms with E-state index in [1.54, 1.807) is 24.3 Å². The summed E-state index contributed by atoms with van der Waals surface area (Å²) in [6.07, 6.45) is 0. The maximum atomic E-state index is 12.9. The van der Waals surface area contributed by atoms with E-state index in [1.165, 1.54) is 6.07 Å². The minimum Gasteiger partial charge on any atom is -0.461 e.